The van der Waals surface area contributed by atoms with Crippen LogP contribution in [0.25, 0.3) is 0 Å². The summed E-state index contributed by atoms with van der Waals surface area (Å²) in [4.78, 5) is 12.4. The van der Waals surface area contributed by atoms with Crippen LogP contribution in [0.4, 0.5) is 4.39 Å². The molecule has 1 aromatic carbocycles. The fourth-order valence-corrected chi connectivity index (χ4v) is 2.04. The Morgan fingerprint density at radius 1 is 1.27 bits per heavy atom. The zero-order chi connectivity index (χ0) is 10.8. The Kier molecular flexibility index (Phi) is 2.64. The summed E-state index contributed by atoms with van der Waals surface area (Å²) in [7, 11) is 0. The zero-order valence-corrected chi connectivity index (χ0v) is 8.98. The number of halogens is 1. The highest BCUT2D eigenvalue weighted by Gasteiger charge is 2.15. The van der Waals surface area contributed by atoms with Gasteiger partial charge in [0.15, 0.2) is 0 Å². The fraction of sp³-hybridized carbons (Fsp3) is 0.0833. The second-order valence-corrected chi connectivity index (χ2v) is 4.19. The molecular formula is C12H9FOS. The first-order valence-corrected chi connectivity index (χ1v) is 5.41. The molecule has 1 heterocycles. The molecule has 0 saturated heterocycles. The molecule has 0 aliphatic carbocycles. The van der Waals surface area contributed by atoms with Gasteiger partial charge in [-0.2, -0.15) is 0 Å². The van der Waals surface area contributed by atoms with E-state index in [1.165, 1.54) is 17.4 Å². The third kappa shape index (κ3) is 1.83. The quantitative estimate of drug-likeness (QED) is 0.709. The van der Waals surface area contributed by atoms with Crippen LogP contribution in [-0.4, -0.2) is 5.78 Å². The molecule has 1 nitrogen and oxygen atoms in total. The van der Waals surface area contributed by atoms with Gasteiger partial charge in [0.25, 0.3) is 0 Å². The molecule has 3 heteroatoms. The van der Waals surface area contributed by atoms with Gasteiger partial charge >= 0.3 is 0 Å². The fourth-order valence-electron chi connectivity index (χ4n) is 1.36. The van der Waals surface area contributed by atoms with Gasteiger partial charge in [-0.1, -0.05) is 18.2 Å². The average molecular weight is 220 g/mol. The first-order chi connectivity index (χ1) is 7.20. The first kappa shape index (κ1) is 10.1. The molecule has 0 fully saturated rings. The summed E-state index contributed by atoms with van der Waals surface area (Å²) in [5.41, 5.74) is 0.648. The van der Waals surface area contributed by atoms with Gasteiger partial charge in [-0.25, -0.2) is 4.39 Å². The zero-order valence-electron chi connectivity index (χ0n) is 8.16. The Balaban J connectivity index is 2.47. The van der Waals surface area contributed by atoms with Crippen LogP contribution in [-0.2, 0) is 0 Å². The second kappa shape index (κ2) is 3.95. The Labute approximate surface area is 91.2 Å². The van der Waals surface area contributed by atoms with Crippen molar-refractivity contribution in [2.24, 2.45) is 0 Å². The van der Waals surface area contributed by atoms with Gasteiger partial charge in [0.1, 0.15) is 5.82 Å². The van der Waals surface area contributed by atoms with Crippen LogP contribution in [0.1, 0.15) is 20.8 Å². The number of carbonyl (C=O) groups excluding carboxylic acids is 1. The van der Waals surface area contributed by atoms with E-state index < -0.39 is 5.82 Å². The van der Waals surface area contributed by atoms with E-state index in [0.29, 0.717) is 10.4 Å². The highest BCUT2D eigenvalue weighted by Crippen LogP contribution is 2.19. The highest BCUT2D eigenvalue weighted by atomic mass is 32.1. The summed E-state index contributed by atoms with van der Waals surface area (Å²) in [6.07, 6.45) is 0. The molecule has 2 rings (SSSR count). The van der Waals surface area contributed by atoms with Crippen molar-refractivity contribution in [3.63, 3.8) is 0 Å². The minimum absolute atomic E-state index is 0.150. The Morgan fingerprint density at radius 2 is 2.07 bits per heavy atom. The molecule has 76 valence electrons. The lowest BCUT2D eigenvalue weighted by Gasteiger charge is -2.02. The maximum atomic E-state index is 13.6. The summed E-state index contributed by atoms with van der Waals surface area (Å²) in [5, 5.41) is 1.81. The molecule has 0 N–H and O–H groups in total. The van der Waals surface area contributed by atoms with E-state index in [1.807, 2.05) is 0 Å². The van der Waals surface area contributed by atoms with Crippen LogP contribution >= 0.6 is 11.3 Å². The Hall–Kier alpha value is -1.48. The third-order valence-electron chi connectivity index (χ3n) is 2.18. The second-order valence-electron chi connectivity index (χ2n) is 3.24. The van der Waals surface area contributed by atoms with E-state index in [-0.39, 0.29) is 11.3 Å². The first-order valence-electron chi connectivity index (χ1n) is 4.53. The molecule has 1 aromatic heterocycles. The molecule has 0 radical (unpaired) electrons. The number of thiophene rings is 1. The van der Waals surface area contributed by atoms with Crippen molar-refractivity contribution in [1.29, 1.82) is 0 Å². The Bertz CT molecular complexity index is 488. The van der Waals surface area contributed by atoms with Crippen molar-refractivity contribution >= 4 is 17.1 Å². The van der Waals surface area contributed by atoms with Crippen molar-refractivity contribution in [2.75, 3.05) is 0 Å². The molecule has 15 heavy (non-hydrogen) atoms. The van der Waals surface area contributed by atoms with Crippen LogP contribution in [0.15, 0.2) is 35.7 Å². The maximum Gasteiger partial charge on any atom is 0.205 e. The number of hydrogen-bond donors (Lipinski definition) is 0. The summed E-state index contributed by atoms with van der Waals surface area (Å²) in [6, 6.07) is 8.35. The van der Waals surface area contributed by atoms with Crippen molar-refractivity contribution in [1.82, 2.24) is 0 Å². The van der Waals surface area contributed by atoms with Gasteiger partial charge in [0.2, 0.25) is 5.78 Å². The number of rotatable bonds is 2. The lowest BCUT2D eigenvalue weighted by Crippen LogP contribution is -2.03. The lowest BCUT2D eigenvalue weighted by molar-refractivity contribution is 0.103. The van der Waals surface area contributed by atoms with Crippen molar-refractivity contribution in [3.8, 4) is 0 Å². The molecule has 0 unspecified atom stereocenters. The lowest BCUT2D eigenvalue weighted by atomic mass is 10.1. The molecule has 0 aliphatic rings. The average Bonchev–Trinajstić information content (AvgIpc) is 2.74. The summed E-state index contributed by atoms with van der Waals surface area (Å²) < 4.78 is 13.6. The van der Waals surface area contributed by atoms with Gasteiger partial charge in [0, 0.05) is 0 Å². The van der Waals surface area contributed by atoms with E-state index >= 15 is 0 Å². The molecule has 0 aliphatic heterocycles. The van der Waals surface area contributed by atoms with Crippen LogP contribution in [0, 0.1) is 12.7 Å². The minimum atomic E-state index is -0.420. The largest absolute Gasteiger partial charge is 0.288 e. The number of ketones is 1. The van der Waals surface area contributed by atoms with Crippen LogP contribution in [0.2, 0.25) is 0 Å². The maximum absolute atomic E-state index is 13.6. The van der Waals surface area contributed by atoms with Crippen molar-refractivity contribution < 1.29 is 9.18 Å². The smallest absolute Gasteiger partial charge is 0.205 e. The van der Waals surface area contributed by atoms with E-state index in [1.54, 1.807) is 36.6 Å². The van der Waals surface area contributed by atoms with Gasteiger partial charge < -0.3 is 0 Å². The number of benzene rings is 1. The van der Waals surface area contributed by atoms with E-state index in [4.69, 9.17) is 0 Å². The molecule has 0 saturated carbocycles. The molecule has 2 aromatic rings. The van der Waals surface area contributed by atoms with Crippen molar-refractivity contribution in [2.45, 2.75) is 6.92 Å². The van der Waals surface area contributed by atoms with E-state index in [9.17, 15) is 9.18 Å². The highest BCUT2D eigenvalue weighted by molar-refractivity contribution is 7.12. The van der Waals surface area contributed by atoms with E-state index in [2.05, 4.69) is 0 Å². The molecule has 0 amide bonds. The predicted octanol–water partition coefficient (Wildman–Crippen LogP) is 3.43. The Morgan fingerprint density at radius 3 is 2.73 bits per heavy atom. The third-order valence-corrected chi connectivity index (χ3v) is 3.05. The number of carbonyl (C=O) groups is 1. The van der Waals surface area contributed by atoms with Crippen molar-refractivity contribution in [3.05, 3.63) is 57.5 Å². The SMILES string of the molecule is Cc1cccc(C(=O)c2cccs2)c1F. The summed E-state index contributed by atoms with van der Waals surface area (Å²) in [5.74, 6) is -0.665. The van der Waals surface area contributed by atoms with Gasteiger partial charge in [-0.3, -0.25) is 4.79 Å². The monoisotopic (exact) mass is 220 g/mol. The molecule has 0 bridgehead atoms. The summed E-state index contributed by atoms with van der Waals surface area (Å²) in [6.45, 7) is 1.65. The molecular weight excluding hydrogens is 211 g/mol. The van der Waals surface area contributed by atoms with Crippen LogP contribution in [0.3, 0.4) is 0 Å². The topological polar surface area (TPSA) is 17.1 Å². The molecule has 0 spiro atoms. The number of hydrogen-bond acceptors (Lipinski definition) is 2. The molecule has 0 atom stereocenters. The van der Waals surface area contributed by atoms with Crippen LogP contribution < -0.4 is 0 Å². The normalized spacial score (nSPS) is 10.3. The van der Waals surface area contributed by atoms with Gasteiger partial charge in [-0.15, -0.1) is 11.3 Å². The predicted molar refractivity (Wildman–Crippen MR) is 58.9 cm³/mol. The van der Waals surface area contributed by atoms with Gasteiger partial charge in [0.05, 0.1) is 10.4 Å². The number of aryl methyl sites for hydroxylation is 1. The minimum Gasteiger partial charge on any atom is -0.288 e. The summed E-state index contributed by atoms with van der Waals surface area (Å²) >= 11 is 1.32. The standard InChI is InChI=1S/C12H9FOS/c1-8-4-2-5-9(11(8)13)12(14)10-6-3-7-15-10/h2-7H,1H3. The van der Waals surface area contributed by atoms with Gasteiger partial charge in [-0.05, 0) is 30.0 Å². The van der Waals surface area contributed by atoms with E-state index in [0.717, 1.165) is 0 Å². The van der Waals surface area contributed by atoms with Crippen LogP contribution in [0.5, 0.6) is 0 Å².